The maximum absolute atomic E-state index is 12.3. The third-order valence-corrected chi connectivity index (χ3v) is 4.63. The van der Waals surface area contributed by atoms with E-state index in [4.69, 9.17) is 14.5 Å². The zero-order chi connectivity index (χ0) is 20.0. The number of carbonyl (C=O) groups is 2. The van der Waals surface area contributed by atoms with E-state index in [9.17, 15) is 24.4 Å². The Bertz CT molecular complexity index is 692. The van der Waals surface area contributed by atoms with E-state index in [-0.39, 0.29) is 13.2 Å². The first-order valence-electron chi connectivity index (χ1n) is 8.25. The number of phosphoric acid groups is 1. The molecule has 0 radical (unpaired) electrons. The van der Waals surface area contributed by atoms with Gasteiger partial charge in [-0.25, -0.2) is 9.36 Å². The minimum Gasteiger partial charge on any atom is -0.445 e. The second kappa shape index (κ2) is 9.41. The summed E-state index contributed by atoms with van der Waals surface area (Å²) < 4.78 is 19.9. The third-order valence-electron chi connectivity index (χ3n) is 4.16. The first-order valence-corrected chi connectivity index (χ1v) is 9.78. The van der Waals surface area contributed by atoms with Crippen molar-refractivity contribution in [3.63, 3.8) is 0 Å². The first kappa shape index (κ1) is 21.5. The maximum Gasteiger partial charge on any atom is 0.470 e. The van der Waals surface area contributed by atoms with Crippen LogP contribution in [0, 0.1) is 0 Å². The van der Waals surface area contributed by atoms with Crippen molar-refractivity contribution in [2.24, 2.45) is 0 Å². The lowest BCUT2D eigenvalue weighted by atomic mass is 10.0. The molecule has 1 fully saturated rings. The molecule has 1 aliphatic rings. The molecule has 1 aromatic carbocycles. The molecule has 0 saturated carbocycles. The SMILES string of the molecule is O=C(COP(=O)(O)O)[C@H](O)[C@@H](O)[C@@H]1CCCN1C(=O)OCc1ccccc1. The number of hydrogen-bond donors (Lipinski definition) is 4. The van der Waals surface area contributed by atoms with Gasteiger partial charge in [-0.1, -0.05) is 30.3 Å². The predicted molar refractivity (Wildman–Crippen MR) is 91.4 cm³/mol. The Balaban J connectivity index is 1.92. The molecule has 1 aromatic rings. The van der Waals surface area contributed by atoms with E-state index >= 15 is 0 Å². The summed E-state index contributed by atoms with van der Waals surface area (Å²) in [4.78, 5) is 42.5. The molecule has 1 heterocycles. The van der Waals surface area contributed by atoms with Crippen LogP contribution < -0.4 is 0 Å². The average molecular weight is 403 g/mol. The summed E-state index contributed by atoms with van der Waals surface area (Å²) in [5.74, 6) is -1.10. The second-order valence-electron chi connectivity index (χ2n) is 6.11. The van der Waals surface area contributed by atoms with Gasteiger partial charge in [0.15, 0.2) is 5.78 Å². The number of phosphoric ester groups is 1. The third kappa shape index (κ3) is 6.39. The van der Waals surface area contributed by atoms with Gasteiger partial charge in [-0.15, -0.1) is 0 Å². The molecule has 1 amide bonds. The Morgan fingerprint density at radius 3 is 2.52 bits per heavy atom. The molecule has 0 unspecified atom stereocenters. The lowest BCUT2D eigenvalue weighted by molar-refractivity contribution is -0.137. The molecular weight excluding hydrogens is 381 g/mol. The Morgan fingerprint density at radius 2 is 1.89 bits per heavy atom. The van der Waals surface area contributed by atoms with Crippen LogP contribution in [0.25, 0.3) is 0 Å². The second-order valence-corrected chi connectivity index (χ2v) is 7.35. The summed E-state index contributed by atoms with van der Waals surface area (Å²) in [5, 5.41) is 20.2. The number of ether oxygens (including phenoxy) is 1. The van der Waals surface area contributed by atoms with Gasteiger partial charge >= 0.3 is 13.9 Å². The van der Waals surface area contributed by atoms with Crippen molar-refractivity contribution in [3.05, 3.63) is 35.9 Å². The van der Waals surface area contributed by atoms with Crippen molar-refractivity contribution >= 4 is 19.7 Å². The van der Waals surface area contributed by atoms with Crippen LogP contribution in [0.1, 0.15) is 18.4 Å². The van der Waals surface area contributed by atoms with E-state index in [1.807, 2.05) is 6.07 Å². The fraction of sp³-hybridized carbons (Fsp3) is 0.500. The van der Waals surface area contributed by atoms with Crippen molar-refractivity contribution < 1.29 is 43.4 Å². The van der Waals surface area contributed by atoms with E-state index in [0.717, 1.165) is 5.56 Å². The van der Waals surface area contributed by atoms with Gasteiger partial charge in [0.05, 0.1) is 6.04 Å². The molecule has 0 aliphatic carbocycles. The van der Waals surface area contributed by atoms with Crippen molar-refractivity contribution in [1.82, 2.24) is 4.90 Å². The topological polar surface area (TPSA) is 154 Å². The number of likely N-dealkylation sites (tertiary alicyclic amines) is 1. The summed E-state index contributed by atoms with van der Waals surface area (Å²) in [5.41, 5.74) is 0.784. The van der Waals surface area contributed by atoms with Gasteiger partial charge in [0, 0.05) is 6.54 Å². The number of Topliss-reactive ketones (excluding diaryl/α,β-unsaturated/α-hetero) is 1. The molecule has 3 atom stereocenters. The van der Waals surface area contributed by atoms with Crippen LogP contribution in [0.3, 0.4) is 0 Å². The normalized spacial score (nSPS) is 19.6. The zero-order valence-electron chi connectivity index (χ0n) is 14.4. The Kier molecular flexibility index (Phi) is 7.49. The number of aliphatic hydroxyl groups excluding tert-OH is 2. The number of hydrogen-bond acceptors (Lipinski definition) is 7. The quantitative estimate of drug-likeness (QED) is 0.445. The first-order chi connectivity index (χ1) is 12.7. The van der Waals surface area contributed by atoms with Crippen LogP contribution in [0.5, 0.6) is 0 Å². The molecular formula is C16H22NO9P. The molecule has 0 aromatic heterocycles. The highest BCUT2D eigenvalue weighted by atomic mass is 31.2. The van der Waals surface area contributed by atoms with Crippen LogP contribution in [-0.2, 0) is 25.2 Å². The van der Waals surface area contributed by atoms with E-state index in [1.54, 1.807) is 24.3 Å². The van der Waals surface area contributed by atoms with Gasteiger partial charge in [0.25, 0.3) is 0 Å². The number of nitrogens with zero attached hydrogens (tertiary/aromatic N) is 1. The molecule has 1 saturated heterocycles. The van der Waals surface area contributed by atoms with Crippen molar-refractivity contribution in [3.8, 4) is 0 Å². The standard InChI is InChI=1S/C16H22NO9P/c18-13(10-26-27(22,23)24)15(20)14(19)12-7-4-8-17(12)16(21)25-9-11-5-2-1-3-6-11/h1-3,5-6,12,14-15,19-20H,4,7-10H2,(H2,22,23,24)/t12-,14-,15-/m0/s1. The van der Waals surface area contributed by atoms with Crippen LogP contribution in [0.15, 0.2) is 30.3 Å². The minimum absolute atomic E-state index is 0.0383. The molecule has 2 rings (SSSR count). The lowest BCUT2D eigenvalue weighted by Crippen LogP contribution is -2.50. The highest BCUT2D eigenvalue weighted by Gasteiger charge is 2.40. The molecule has 27 heavy (non-hydrogen) atoms. The van der Waals surface area contributed by atoms with Gasteiger partial charge in [0.1, 0.15) is 25.4 Å². The number of aliphatic hydroxyl groups is 2. The maximum atomic E-state index is 12.3. The molecule has 10 nitrogen and oxygen atoms in total. The summed E-state index contributed by atoms with van der Waals surface area (Å²) >= 11 is 0. The molecule has 11 heteroatoms. The van der Waals surface area contributed by atoms with Gasteiger partial charge in [0.2, 0.25) is 0 Å². The van der Waals surface area contributed by atoms with Crippen molar-refractivity contribution in [1.29, 1.82) is 0 Å². The lowest BCUT2D eigenvalue weighted by Gasteiger charge is -2.30. The highest BCUT2D eigenvalue weighted by Crippen LogP contribution is 2.35. The highest BCUT2D eigenvalue weighted by molar-refractivity contribution is 7.46. The monoisotopic (exact) mass is 403 g/mol. The summed E-state index contributed by atoms with van der Waals surface area (Å²) in [6.07, 6.45) is -3.40. The van der Waals surface area contributed by atoms with Gasteiger partial charge in [-0.05, 0) is 18.4 Å². The largest absolute Gasteiger partial charge is 0.470 e. The summed E-state index contributed by atoms with van der Waals surface area (Å²) in [7, 11) is -4.88. The average Bonchev–Trinajstić information content (AvgIpc) is 3.13. The number of rotatable bonds is 8. The van der Waals surface area contributed by atoms with Crippen LogP contribution in [0.4, 0.5) is 4.79 Å². The van der Waals surface area contributed by atoms with Gasteiger partial charge in [-0.2, -0.15) is 0 Å². The van der Waals surface area contributed by atoms with Crippen LogP contribution in [0.2, 0.25) is 0 Å². The summed E-state index contributed by atoms with van der Waals surface area (Å²) in [6, 6.07) is 8.13. The Labute approximate surface area is 155 Å². The fourth-order valence-electron chi connectivity index (χ4n) is 2.81. The van der Waals surface area contributed by atoms with Gasteiger partial charge in [-0.3, -0.25) is 9.32 Å². The number of ketones is 1. The molecule has 1 aliphatic heterocycles. The Hall–Kier alpha value is -1.81. The number of carbonyl (C=O) groups excluding carboxylic acids is 2. The Morgan fingerprint density at radius 1 is 1.22 bits per heavy atom. The van der Waals surface area contributed by atoms with Crippen LogP contribution >= 0.6 is 7.82 Å². The van der Waals surface area contributed by atoms with E-state index < -0.39 is 44.6 Å². The molecule has 0 bridgehead atoms. The van der Waals surface area contributed by atoms with Crippen LogP contribution in [-0.4, -0.2) is 68.2 Å². The molecule has 0 spiro atoms. The van der Waals surface area contributed by atoms with Crippen molar-refractivity contribution in [2.75, 3.05) is 13.2 Å². The summed E-state index contributed by atoms with van der Waals surface area (Å²) in [6.45, 7) is -0.737. The molecule has 4 N–H and O–H groups in total. The van der Waals surface area contributed by atoms with Gasteiger partial charge < -0.3 is 29.6 Å². The zero-order valence-corrected chi connectivity index (χ0v) is 15.3. The van der Waals surface area contributed by atoms with E-state index in [0.29, 0.717) is 12.8 Å². The number of benzene rings is 1. The number of amides is 1. The predicted octanol–water partition coefficient (Wildman–Crippen LogP) is 0.188. The minimum atomic E-state index is -4.88. The van der Waals surface area contributed by atoms with Crippen molar-refractivity contribution in [2.45, 2.75) is 37.7 Å². The fourth-order valence-corrected chi connectivity index (χ4v) is 3.11. The van der Waals surface area contributed by atoms with E-state index in [1.165, 1.54) is 4.90 Å². The smallest absolute Gasteiger partial charge is 0.445 e. The van der Waals surface area contributed by atoms with E-state index in [2.05, 4.69) is 4.52 Å². The molecule has 150 valence electrons.